The molecule has 0 aliphatic carbocycles. The molecule has 0 amide bonds. The summed E-state index contributed by atoms with van der Waals surface area (Å²) < 4.78 is 6.93. The summed E-state index contributed by atoms with van der Waals surface area (Å²) in [5, 5.41) is 15.9. The molecule has 1 aliphatic heterocycles. The number of aliphatic hydroxyl groups excluding tert-OH is 1. The van der Waals surface area contributed by atoms with Gasteiger partial charge in [0.15, 0.2) is 12.0 Å². The molecule has 0 radical (unpaired) electrons. The maximum atomic E-state index is 10.6. The summed E-state index contributed by atoms with van der Waals surface area (Å²) in [6.07, 6.45) is 0.345. The maximum absolute atomic E-state index is 10.6. The summed E-state index contributed by atoms with van der Waals surface area (Å²) >= 11 is 5.99. The molecule has 1 atom stereocenters. The largest absolute Gasteiger partial charge is 0.497 e. The zero-order valence-corrected chi connectivity index (χ0v) is 15.9. The molecule has 1 aliphatic rings. The highest BCUT2D eigenvalue weighted by Crippen LogP contribution is 2.34. The van der Waals surface area contributed by atoms with Crippen LogP contribution in [0.25, 0.3) is 0 Å². The van der Waals surface area contributed by atoms with Crippen molar-refractivity contribution in [3.05, 3.63) is 75.9 Å². The van der Waals surface area contributed by atoms with E-state index in [-0.39, 0.29) is 0 Å². The first-order chi connectivity index (χ1) is 13.0. The molecule has 1 N–H and O–H groups in total. The number of fused-ring (bicyclic) bond motifs is 1. The Morgan fingerprint density at radius 3 is 2.74 bits per heavy atom. The minimum atomic E-state index is -0.739. The summed E-state index contributed by atoms with van der Waals surface area (Å²) in [4.78, 5) is 4.85. The van der Waals surface area contributed by atoms with E-state index in [4.69, 9.17) is 21.3 Å². The van der Waals surface area contributed by atoms with Gasteiger partial charge < -0.3 is 9.84 Å². The molecule has 2 heterocycles. The molecule has 0 spiro atoms. The molecule has 1 aromatic heterocycles. The van der Waals surface area contributed by atoms with E-state index in [1.807, 2.05) is 55.5 Å². The predicted molar refractivity (Wildman–Crippen MR) is 106 cm³/mol. The van der Waals surface area contributed by atoms with Crippen LogP contribution < -0.4 is 4.74 Å². The molecule has 3 aromatic rings. The van der Waals surface area contributed by atoms with E-state index in [0.29, 0.717) is 23.7 Å². The highest BCUT2D eigenvalue weighted by molar-refractivity contribution is 6.30. The van der Waals surface area contributed by atoms with Crippen LogP contribution in [0.1, 0.15) is 35.0 Å². The Kier molecular flexibility index (Phi) is 4.72. The Morgan fingerprint density at radius 2 is 2.00 bits per heavy atom. The van der Waals surface area contributed by atoms with Crippen LogP contribution in [0.15, 0.2) is 53.5 Å². The fraction of sp³-hybridized carbons (Fsp3) is 0.238. The van der Waals surface area contributed by atoms with E-state index in [9.17, 15) is 5.11 Å². The van der Waals surface area contributed by atoms with Crippen LogP contribution in [-0.4, -0.2) is 27.7 Å². The lowest BCUT2D eigenvalue weighted by Gasteiger charge is -2.21. The molecular weight excluding hydrogens is 362 g/mol. The lowest BCUT2D eigenvalue weighted by molar-refractivity contribution is 0.0972. The summed E-state index contributed by atoms with van der Waals surface area (Å²) in [5.41, 5.74) is 4.77. The van der Waals surface area contributed by atoms with Crippen molar-refractivity contribution < 1.29 is 9.84 Å². The Morgan fingerprint density at radius 1 is 1.22 bits per heavy atom. The fourth-order valence-electron chi connectivity index (χ4n) is 3.33. The van der Waals surface area contributed by atoms with E-state index in [0.717, 1.165) is 33.8 Å². The van der Waals surface area contributed by atoms with Crippen LogP contribution in [0.4, 0.5) is 5.82 Å². The number of aliphatic imine (C=N–C) groups is 1. The van der Waals surface area contributed by atoms with Gasteiger partial charge in [-0.2, -0.15) is 5.10 Å². The number of aliphatic hydroxyl groups is 1. The number of hydrogen-bond acceptors (Lipinski definition) is 4. The highest BCUT2D eigenvalue weighted by Gasteiger charge is 2.26. The van der Waals surface area contributed by atoms with E-state index in [2.05, 4.69) is 5.10 Å². The van der Waals surface area contributed by atoms with E-state index in [1.54, 1.807) is 11.8 Å². The summed E-state index contributed by atoms with van der Waals surface area (Å²) in [7, 11) is 1.64. The van der Waals surface area contributed by atoms with Crippen molar-refractivity contribution in [2.75, 3.05) is 7.11 Å². The highest BCUT2D eigenvalue weighted by atomic mass is 35.5. The average molecular weight is 382 g/mol. The first kappa shape index (κ1) is 17.8. The van der Waals surface area contributed by atoms with Crippen molar-refractivity contribution in [3.8, 4) is 5.75 Å². The molecule has 27 heavy (non-hydrogen) atoms. The lowest BCUT2D eigenvalue weighted by atomic mass is 10.0. The third kappa shape index (κ3) is 3.48. The van der Waals surface area contributed by atoms with Crippen LogP contribution in [0.2, 0.25) is 5.02 Å². The number of rotatable bonds is 4. The second kappa shape index (κ2) is 7.18. The van der Waals surface area contributed by atoms with Crippen molar-refractivity contribution in [1.82, 2.24) is 9.78 Å². The second-order valence-electron chi connectivity index (χ2n) is 6.61. The number of aromatic nitrogens is 2. The molecular formula is C21H20ClN3O2. The van der Waals surface area contributed by atoms with Crippen LogP contribution in [0.3, 0.4) is 0 Å². The molecule has 5 nitrogen and oxygen atoms in total. The third-order valence-corrected chi connectivity index (χ3v) is 5.03. The molecule has 6 heteroatoms. The van der Waals surface area contributed by atoms with Crippen molar-refractivity contribution in [3.63, 3.8) is 0 Å². The van der Waals surface area contributed by atoms with Crippen LogP contribution >= 0.6 is 11.6 Å². The smallest absolute Gasteiger partial charge is 0.157 e. The monoisotopic (exact) mass is 381 g/mol. The minimum Gasteiger partial charge on any atom is -0.497 e. The summed E-state index contributed by atoms with van der Waals surface area (Å²) in [6.45, 7) is 1.95. The number of halogens is 1. The molecule has 4 rings (SSSR count). The first-order valence-corrected chi connectivity index (χ1v) is 9.15. The van der Waals surface area contributed by atoms with Gasteiger partial charge in [0.05, 0.1) is 18.5 Å². The number of hydrogen-bond donors (Lipinski definition) is 1. The quantitative estimate of drug-likeness (QED) is 0.725. The topological polar surface area (TPSA) is 59.6 Å². The van der Waals surface area contributed by atoms with Gasteiger partial charge in [0.25, 0.3) is 0 Å². The number of aryl methyl sites for hydroxylation is 1. The Hall–Kier alpha value is -2.63. The van der Waals surface area contributed by atoms with Crippen LogP contribution in [0, 0.1) is 6.92 Å². The summed E-state index contributed by atoms with van der Waals surface area (Å²) in [6, 6.07) is 15.5. The van der Waals surface area contributed by atoms with Gasteiger partial charge in [-0.05, 0) is 42.3 Å². The second-order valence-corrected chi connectivity index (χ2v) is 7.05. The number of benzene rings is 2. The van der Waals surface area contributed by atoms with Gasteiger partial charge >= 0.3 is 0 Å². The zero-order chi connectivity index (χ0) is 19.0. The Bertz CT molecular complexity index is 1010. The van der Waals surface area contributed by atoms with E-state index >= 15 is 0 Å². The van der Waals surface area contributed by atoms with Gasteiger partial charge in [-0.1, -0.05) is 35.9 Å². The van der Waals surface area contributed by atoms with Gasteiger partial charge in [0.1, 0.15) is 5.75 Å². The van der Waals surface area contributed by atoms with Crippen molar-refractivity contribution in [1.29, 1.82) is 0 Å². The predicted octanol–water partition coefficient (Wildman–Crippen LogP) is 4.46. The minimum absolute atomic E-state index is 0.404. The Labute approximate surface area is 162 Å². The molecule has 0 bridgehead atoms. The van der Waals surface area contributed by atoms with Crippen LogP contribution in [-0.2, 0) is 6.42 Å². The number of ether oxygens (including phenoxy) is 1. The third-order valence-electron chi connectivity index (χ3n) is 4.78. The summed E-state index contributed by atoms with van der Waals surface area (Å²) in [5.74, 6) is 1.47. The average Bonchev–Trinajstić information content (AvgIpc) is 3.00. The fourth-order valence-corrected chi connectivity index (χ4v) is 3.45. The Balaban J connectivity index is 1.75. The van der Waals surface area contributed by atoms with Crippen molar-refractivity contribution in [2.45, 2.75) is 26.0 Å². The van der Waals surface area contributed by atoms with Crippen molar-refractivity contribution >= 4 is 23.1 Å². The van der Waals surface area contributed by atoms with Gasteiger partial charge in [-0.15, -0.1) is 0 Å². The van der Waals surface area contributed by atoms with Gasteiger partial charge in [-0.25, -0.2) is 9.67 Å². The van der Waals surface area contributed by atoms with Crippen molar-refractivity contribution in [2.24, 2.45) is 4.99 Å². The molecule has 0 saturated heterocycles. The standard InChI is InChI=1S/C21H20ClN3O2/c1-13-18(10-14-6-8-16(22)9-7-14)21-23-19(12-20(26)25(21)24-13)15-4-3-5-17(11-15)27-2/h3-9,11,20,26H,10,12H2,1-2H3. The molecule has 2 aromatic carbocycles. The number of nitrogens with zero attached hydrogens (tertiary/aromatic N) is 3. The van der Waals surface area contributed by atoms with Gasteiger partial charge in [0.2, 0.25) is 0 Å². The molecule has 1 unspecified atom stereocenters. The van der Waals surface area contributed by atoms with E-state index < -0.39 is 6.23 Å². The SMILES string of the molecule is COc1cccc(C2=Nc3c(Cc4ccc(Cl)cc4)c(C)nn3C(O)C2)c1. The van der Waals surface area contributed by atoms with E-state index in [1.165, 1.54) is 0 Å². The van der Waals surface area contributed by atoms with Gasteiger partial charge in [-0.3, -0.25) is 0 Å². The molecule has 0 fully saturated rings. The zero-order valence-electron chi connectivity index (χ0n) is 15.2. The number of methoxy groups -OCH3 is 1. The maximum Gasteiger partial charge on any atom is 0.157 e. The van der Waals surface area contributed by atoms with Gasteiger partial charge in [0, 0.05) is 23.4 Å². The normalized spacial score (nSPS) is 16.0. The lowest BCUT2D eigenvalue weighted by Crippen LogP contribution is -2.19. The van der Waals surface area contributed by atoms with Crippen LogP contribution in [0.5, 0.6) is 5.75 Å². The first-order valence-electron chi connectivity index (χ1n) is 8.77. The molecule has 138 valence electrons. The molecule has 0 saturated carbocycles.